The maximum Gasteiger partial charge on any atom is 0.238 e. The molecule has 6 heteroatoms. The van der Waals surface area contributed by atoms with E-state index >= 15 is 0 Å². The molecule has 0 atom stereocenters. The van der Waals surface area contributed by atoms with Crippen molar-refractivity contribution in [3.63, 3.8) is 0 Å². The molecule has 0 saturated carbocycles. The van der Waals surface area contributed by atoms with Crippen LogP contribution in [0.3, 0.4) is 0 Å². The number of para-hydroxylation sites is 3. The van der Waals surface area contributed by atoms with Crippen LogP contribution in [0.5, 0.6) is 0 Å². The maximum absolute atomic E-state index is 6.46. The van der Waals surface area contributed by atoms with Crippen molar-refractivity contribution in [2.75, 3.05) is 0 Å². The van der Waals surface area contributed by atoms with Crippen molar-refractivity contribution >= 4 is 65.6 Å². The summed E-state index contributed by atoms with van der Waals surface area (Å²) in [6.45, 7) is 0. The van der Waals surface area contributed by atoms with Gasteiger partial charge in [0, 0.05) is 43.7 Å². The molecule has 0 radical (unpaired) electrons. The van der Waals surface area contributed by atoms with Gasteiger partial charge in [-0.1, -0.05) is 115 Å². The Hall–Kier alpha value is -7.05. The molecule has 0 amide bonds. The number of hydrogen-bond donors (Lipinski definition) is 0. The lowest BCUT2D eigenvalue weighted by atomic mass is 10.1. The lowest BCUT2D eigenvalue weighted by molar-refractivity contribution is 0.669. The van der Waals surface area contributed by atoms with Gasteiger partial charge in [0.05, 0.1) is 27.5 Å². The molecule has 0 unspecified atom stereocenters. The summed E-state index contributed by atoms with van der Waals surface area (Å²) in [6.07, 6.45) is 0. The van der Waals surface area contributed by atoms with E-state index in [1.165, 1.54) is 10.8 Å². The molecule has 0 fully saturated rings. The van der Waals surface area contributed by atoms with Crippen molar-refractivity contribution < 1.29 is 4.42 Å². The number of nitrogens with zero attached hydrogens (tertiary/aromatic N) is 5. The monoisotopic (exact) mass is 653 g/mol. The van der Waals surface area contributed by atoms with Gasteiger partial charge in [-0.3, -0.25) is 4.57 Å². The lowest BCUT2D eigenvalue weighted by Crippen LogP contribution is -2.06. The van der Waals surface area contributed by atoms with Crippen LogP contribution in [0, 0.1) is 0 Å². The fraction of sp³-hybridized carbons (Fsp3) is 0. The first-order valence-corrected chi connectivity index (χ1v) is 17.0. The van der Waals surface area contributed by atoms with Gasteiger partial charge in [-0.15, -0.1) is 0 Å². The van der Waals surface area contributed by atoms with E-state index in [-0.39, 0.29) is 0 Å². The predicted molar refractivity (Wildman–Crippen MR) is 207 cm³/mol. The van der Waals surface area contributed by atoms with E-state index in [2.05, 4.69) is 100 Å². The predicted octanol–water partition coefficient (Wildman–Crippen LogP) is 11.3. The minimum Gasteiger partial charge on any atom is -0.456 e. The van der Waals surface area contributed by atoms with E-state index < -0.39 is 0 Å². The van der Waals surface area contributed by atoms with Gasteiger partial charge in [-0.05, 0) is 48.5 Å². The van der Waals surface area contributed by atoms with Crippen LogP contribution in [0.1, 0.15) is 0 Å². The van der Waals surface area contributed by atoms with Gasteiger partial charge in [0.2, 0.25) is 5.95 Å². The molecule has 0 bridgehead atoms. The molecule has 0 spiro atoms. The third-order valence-corrected chi connectivity index (χ3v) is 9.96. The largest absolute Gasteiger partial charge is 0.456 e. The summed E-state index contributed by atoms with van der Waals surface area (Å²) in [4.78, 5) is 15.5. The Morgan fingerprint density at radius 1 is 0.392 bits per heavy atom. The topological polar surface area (TPSA) is 61.7 Å². The summed E-state index contributed by atoms with van der Waals surface area (Å²) in [5.41, 5.74) is 8.86. The highest BCUT2D eigenvalue weighted by Gasteiger charge is 2.24. The highest BCUT2D eigenvalue weighted by Crippen LogP contribution is 2.43. The van der Waals surface area contributed by atoms with Crippen LogP contribution in [-0.4, -0.2) is 24.1 Å². The molecular formula is C45H27N5O. The third kappa shape index (κ3) is 4.14. The number of benzene rings is 7. The molecule has 11 aromatic rings. The zero-order valence-corrected chi connectivity index (χ0v) is 27.2. The molecule has 0 aliphatic heterocycles. The SMILES string of the molecule is c1ccc(-c2nc(-c3ccccc3)nc(-n3c4cc5c(cc4c4ccc6oc7ccccc7c6c43)c3ccccc3n5-c3ccccc3)n2)cc1. The molecule has 0 aliphatic carbocycles. The highest BCUT2D eigenvalue weighted by atomic mass is 16.3. The van der Waals surface area contributed by atoms with Crippen LogP contribution >= 0.6 is 0 Å². The Kier molecular flexibility index (Phi) is 5.86. The number of fused-ring (bicyclic) bond motifs is 10. The zero-order valence-electron chi connectivity index (χ0n) is 27.2. The van der Waals surface area contributed by atoms with E-state index in [9.17, 15) is 0 Å². The van der Waals surface area contributed by atoms with E-state index in [0.717, 1.165) is 71.6 Å². The first-order chi connectivity index (χ1) is 25.3. The Morgan fingerprint density at radius 3 is 1.71 bits per heavy atom. The quantitative estimate of drug-likeness (QED) is 0.190. The van der Waals surface area contributed by atoms with Gasteiger partial charge in [0.1, 0.15) is 11.2 Å². The molecular weight excluding hydrogens is 627 g/mol. The maximum atomic E-state index is 6.46. The molecule has 0 N–H and O–H groups in total. The van der Waals surface area contributed by atoms with Crippen molar-refractivity contribution in [1.29, 1.82) is 0 Å². The van der Waals surface area contributed by atoms with E-state index in [1.54, 1.807) is 0 Å². The van der Waals surface area contributed by atoms with Crippen LogP contribution in [0.15, 0.2) is 168 Å². The highest BCUT2D eigenvalue weighted by molar-refractivity contribution is 6.26. The van der Waals surface area contributed by atoms with Crippen LogP contribution in [-0.2, 0) is 0 Å². The molecule has 4 aromatic heterocycles. The normalized spacial score (nSPS) is 11.9. The van der Waals surface area contributed by atoms with Crippen LogP contribution in [0.25, 0.3) is 100.0 Å². The Balaban J connectivity index is 1.35. The smallest absolute Gasteiger partial charge is 0.238 e. The van der Waals surface area contributed by atoms with Gasteiger partial charge >= 0.3 is 0 Å². The second-order valence-electron chi connectivity index (χ2n) is 12.9. The Morgan fingerprint density at radius 2 is 0.980 bits per heavy atom. The van der Waals surface area contributed by atoms with Crippen molar-refractivity contribution in [3.05, 3.63) is 164 Å². The third-order valence-electron chi connectivity index (χ3n) is 9.96. The summed E-state index contributed by atoms with van der Waals surface area (Å²) in [5.74, 6) is 1.76. The second kappa shape index (κ2) is 10.7. The molecule has 6 nitrogen and oxygen atoms in total. The van der Waals surface area contributed by atoms with E-state index in [1.807, 2.05) is 72.8 Å². The van der Waals surface area contributed by atoms with E-state index in [0.29, 0.717) is 17.6 Å². The molecule has 4 heterocycles. The molecule has 11 rings (SSSR count). The number of rotatable bonds is 4. The van der Waals surface area contributed by atoms with Crippen LogP contribution in [0.2, 0.25) is 0 Å². The van der Waals surface area contributed by atoms with Gasteiger partial charge in [0.15, 0.2) is 11.6 Å². The van der Waals surface area contributed by atoms with Crippen LogP contribution in [0.4, 0.5) is 0 Å². The minimum atomic E-state index is 0.544. The zero-order chi connectivity index (χ0) is 33.5. The van der Waals surface area contributed by atoms with Crippen molar-refractivity contribution in [2.24, 2.45) is 0 Å². The van der Waals surface area contributed by atoms with Crippen molar-refractivity contribution in [3.8, 4) is 34.4 Å². The molecule has 51 heavy (non-hydrogen) atoms. The fourth-order valence-corrected chi connectivity index (χ4v) is 7.73. The fourth-order valence-electron chi connectivity index (χ4n) is 7.73. The lowest BCUT2D eigenvalue weighted by Gasteiger charge is -2.12. The Labute approximate surface area is 291 Å². The van der Waals surface area contributed by atoms with Crippen molar-refractivity contribution in [1.82, 2.24) is 24.1 Å². The standard InChI is InChI=1S/C45H27N5O/c1-4-14-28(15-5-1)43-46-44(29-16-6-2-7-17-29)48-45(47-43)50-38-27-37-34(31-20-10-12-22-36(31)49(37)30-18-8-3-9-19-30)26-35(38)32-24-25-40-41(42(32)50)33-21-11-13-23-39(33)51-40/h1-27H. The first-order valence-electron chi connectivity index (χ1n) is 17.0. The van der Waals surface area contributed by atoms with Gasteiger partial charge < -0.3 is 8.98 Å². The van der Waals surface area contributed by atoms with Gasteiger partial charge in [-0.25, -0.2) is 4.98 Å². The molecule has 7 aromatic carbocycles. The minimum absolute atomic E-state index is 0.544. The number of furan rings is 1. The number of aromatic nitrogens is 5. The summed E-state index contributed by atoms with van der Waals surface area (Å²) < 4.78 is 11.0. The molecule has 0 saturated heterocycles. The molecule has 0 aliphatic rings. The average molecular weight is 654 g/mol. The van der Waals surface area contributed by atoms with Crippen LogP contribution < -0.4 is 0 Å². The summed E-state index contributed by atoms with van der Waals surface area (Å²) in [5, 5.41) is 6.68. The van der Waals surface area contributed by atoms with Gasteiger partial charge in [0.25, 0.3) is 0 Å². The first kappa shape index (κ1) is 27.9. The average Bonchev–Trinajstić information content (AvgIpc) is 3.85. The number of hydrogen-bond acceptors (Lipinski definition) is 4. The van der Waals surface area contributed by atoms with E-state index in [4.69, 9.17) is 19.4 Å². The van der Waals surface area contributed by atoms with Crippen molar-refractivity contribution in [2.45, 2.75) is 0 Å². The van der Waals surface area contributed by atoms with Gasteiger partial charge in [-0.2, -0.15) is 9.97 Å². The summed E-state index contributed by atoms with van der Waals surface area (Å²) >= 11 is 0. The molecule has 238 valence electrons. The summed E-state index contributed by atoms with van der Waals surface area (Å²) in [6, 6.07) is 56.6. The second-order valence-corrected chi connectivity index (χ2v) is 12.9. The Bertz CT molecular complexity index is 3060. The summed E-state index contributed by atoms with van der Waals surface area (Å²) in [7, 11) is 0.